The molecule has 1 heterocycles. The number of hydrogen-bond donors (Lipinski definition) is 1. The molecule has 0 aromatic carbocycles. The molecule has 1 rings (SSSR count). The third-order valence-electron chi connectivity index (χ3n) is 1.23. The third kappa shape index (κ3) is 2.77. The van der Waals surface area contributed by atoms with E-state index in [1.54, 1.807) is 5.38 Å². The van der Waals surface area contributed by atoms with Crippen LogP contribution < -0.4 is 5.73 Å². The van der Waals surface area contributed by atoms with Gasteiger partial charge in [-0.05, 0) is 0 Å². The quantitative estimate of drug-likeness (QED) is 0.339. The third-order valence-corrected chi connectivity index (χ3v) is 1.90. The van der Waals surface area contributed by atoms with Gasteiger partial charge in [-0.2, -0.15) is 0 Å². The van der Waals surface area contributed by atoms with E-state index in [4.69, 9.17) is 5.73 Å². The minimum Gasteiger partial charge on any atom is -0.392 e. The highest BCUT2D eigenvalue weighted by Crippen LogP contribution is 2.11. The number of alkyl halides is 1. The second-order valence-electron chi connectivity index (χ2n) is 2.19. The molecule has 0 aliphatic heterocycles. The highest BCUT2D eigenvalue weighted by atomic mass is 32.1. The normalized spacial score (nSPS) is 11.4. The molecule has 0 unspecified atom stereocenters. The van der Waals surface area contributed by atoms with Crippen LogP contribution in [0, 0.1) is 0 Å². The summed E-state index contributed by atoms with van der Waals surface area (Å²) < 4.78 is 11.6. The van der Waals surface area contributed by atoms with Gasteiger partial charge in [-0.15, -0.1) is 11.3 Å². The fraction of sp³-hybridized carbons (Fsp3) is 0.286. The molecule has 0 spiro atoms. The number of aldehydes is 1. The minimum atomic E-state index is -0.658. The number of thiazole rings is 1. The van der Waals surface area contributed by atoms with Crippen molar-refractivity contribution in [2.24, 2.45) is 5.16 Å². The lowest BCUT2D eigenvalue weighted by Gasteiger charge is -1.95. The van der Waals surface area contributed by atoms with E-state index >= 15 is 0 Å². The van der Waals surface area contributed by atoms with Crippen LogP contribution in [0.2, 0.25) is 0 Å². The van der Waals surface area contributed by atoms with Gasteiger partial charge in [0.05, 0.1) is 0 Å². The van der Waals surface area contributed by atoms with Crippen molar-refractivity contribution in [2.75, 3.05) is 19.0 Å². The Bertz CT molecular complexity index is 339. The van der Waals surface area contributed by atoms with Gasteiger partial charge < -0.3 is 10.6 Å². The Morgan fingerprint density at radius 2 is 2.64 bits per heavy atom. The van der Waals surface area contributed by atoms with Crippen molar-refractivity contribution in [2.45, 2.75) is 0 Å². The van der Waals surface area contributed by atoms with Crippen LogP contribution in [0.5, 0.6) is 0 Å². The standard InChI is InChI=1S/C7H8FN3O2S/c8-1-2-13-11-5(3-12)6-4-14-7(9)10-6/h3-4H,1-2H2,(H2,9,10). The first-order valence-electron chi connectivity index (χ1n) is 3.70. The molecule has 2 N–H and O–H groups in total. The lowest BCUT2D eigenvalue weighted by atomic mass is 10.3. The summed E-state index contributed by atoms with van der Waals surface area (Å²) >= 11 is 1.18. The highest BCUT2D eigenvalue weighted by molar-refractivity contribution is 7.13. The van der Waals surface area contributed by atoms with Crippen LogP contribution in [0.25, 0.3) is 0 Å². The lowest BCUT2D eigenvalue weighted by molar-refractivity contribution is -0.102. The fourth-order valence-corrected chi connectivity index (χ4v) is 1.24. The van der Waals surface area contributed by atoms with E-state index in [1.807, 2.05) is 0 Å². The van der Waals surface area contributed by atoms with Crippen LogP contribution in [0.15, 0.2) is 10.5 Å². The summed E-state index contributed by atoms with van der Waals surface area (Å²) in [5.41, 5.74) is 5.70. The van der Waals surface area contributed by atoms with Gasteiger partial charge in [0.2, 0.25) is 0 Å². The van der Waals surface area contributed by atoms with Gasteiger partial charge in [0, 0.05) is 5.38 Å². The summed E-state index contributed by atoms with van der Waals surface area (Å²) in [5, 5.41) is 5.32. The zero-order valence-corrected chi connectivity index (χ0v) is 7.96. The molecule has 0 saturated heterocycles. The maximum atomic E-state index is 11.6. The largest absolute Gasteiger partial charge is 0.392 e. The second-order valence-corrected chi connectivity index (χ2v) is 3.08. The van der Waals surface area contributed by atoms with Gasteiger partial charge in [0.15, 0.2) is 17.1 Å². The highest BCUT2D eigenvalue weighted by Gasteiger charge is 2.07. The van der Waals surface area contributed by atoms with Crippen molar-refractivity contribution < 1.29 is 14.0 Å². The number of rotatable bonds is 5. The van der Waals surface area contributed by atoms with Gasteiger partial charge in [0.1, 0.15) is 19.0 Å². The van der Waals surface area contributed by atoms with E-state index < -0.39 is 6.67 Å². The predicted octanol–water partition coefficient (Wildman–Crippen LogP) is 0.614. The van der Waals surface area contributed by atoms with Crippen LogP contribution in [0.3, 0.4) is 0 Å². The van der Waals surface area contributed by atoms with Gasteiger partial charge in [0.25, 0.3) is 0 Å². The van der Waals surface area contributed by atoms with Crippen molar-refractivity contribution in [3.8, 4) is 0 Å². The molecular weight excluding hydrogens is 209 g/mol. The molecule has 76 valence electrons. The van der Waals surface area contributed by atoms with Gasteiger partial charge in [-0.1, -0.05) is 5.16 Å². The molecule has 0 aliphatic rings. The summed E-state index contributed by atoms with van der Waals surface area (Å²) in [6, 6.07) is 0. The molecule has 7 heteroatoms. The SMILES string of the molecule is Nc1nc(C(C=O)=NOCCF)cs1. The van der Waals surface area contributed by atoms with Crippen molar-refractivity contribution >= 4 is 28.5 Å². The lowest BCUT2D eigenvalue weighted by Crippen LogP contribution is -2.05. The van der Waals surface area contributed by atoms with E-state index in [-0.39, 0.29) is 12.3 Å². The number of nitrogens with two attached hydrogens (primary N) is 1. The van der Waals surface area contributed by atoms with Crippen LogP contribution >= 0.6 is 11.3 Å². The summed E-state index contributed by atoms with van der Waals surface area (Å²) in [5.74, 6) is 0. The molecule has 0 saturated carbocycles. The Morgan fingerprint density at radius 1 is 1.86 bits per heavy atom. The van der Waals surface area contributed by atoms with Crippen LogP contribution in [0.4, 0.5) is 9.52 Å². The molecule has 0 aliphatic carbocycles. The molecule has 1 aromatic rings. The van der Waals surface area contributed by atoms with E-state index in [0.717, 1.165) is 0 Å². The number of carbonyl (C=O) groups is 1. The number of aromatic nitrogens is 1. The first kappa shape index (κ1) is 10.6. The van der Waals surface area contributed by atoms with Gasteiger partial charge in [-0.25, -0.2) is 9.37 Å². The number of nitrogens with zero attached hydrogens (tertiary/aromatic N) is 2. The first-order chi connectivity index (χ1) is 6.77. The summed E-state index contributed by atoms with van der Waals surface area (Å²) in [7, 11) is 0. The molecule has 0 amide bonds. The summed E-state index contributed by atoms with van der Waals surface area (Å²) in [4.78, 5) is 18.9. The van der Waals surface area contributed by atoms with E-state index in [9.17, 15) is 9.18 Å². The Morgan fingerprint density at radius 3 is 3.14 bits per heavy atom. The van der Waals surface area contributed by atoms with Crippen LogP contribution in [-0.2, 0) is 9.63 Å². The maximum Gasteiger partial charge on any atom is 0.180 e. The Labute approximate surface area is 83.4 Å². The second kappa shape index (κ2) is 5.28. The topological polar surface area (TPSA) is 77.6 Å². The number of anilines is 1. The molecule has 0 bridgehead atoms. The smallest absolute Gasteiger partial charge is 0.180 e. The van der Waals surface area contributed by atoms with Crippen LogP contribution in [-0.4, -0.2) is 30.3 Å². The number of nitrogen functional groups attached to an aromatic ring is 1. The van der Waals surface area contributed by atoms with Gasteiger partial charge >= 0.3 is 0 Å². The van der Waals surface area contributed by atoms with Crippen molar-refractivity contribution in [1.29, 1.82) is 0 Å². The first-order valence-corrected chi connectivity index (χ1v) is 4.58. The Balaban J connectivity index is 2.71. The molecule has 0 radical (unpaired) electrons. The predicted molar refractivity (Wildman–Crippen MR) is 51.1 cm³/mol. The summed E-state index contributed by atoms with van der Waals surface area (Å²) in [6.07, 6.45) is 0.479. The van der Waals surface area contributed by atoms with Crippen molar-refractivity contribution in [3.63, 3.8) is 0 Å². The van der Waals surface area contributed by atoms with Crippen molar-refractivity contribution in [1.82, 2.24) is 4.98 Å². The van der Waals surface area contributed by atoms with Crippen LogP contribution in [0.1, 0.15) is 5.69 Å². The van der Waals surface area contributed by atoms with E-state index in [2.05, 4.69) is 15.0 Å². The zero-order valence-electron chi connectivity index (χ0n) is 7.14. The minimum absolute atomic E-state index is 0.00593. The molecule has 0 atom stereocenters. The fourth-order valence-electron chi connectivity index (χ4n) is 0.684. The van der Waals surface area contributed by atoms with E-state index in [1.165, 1.54) is 11.3 Å². The average molecular weight is 217 g/mol. The molecular formula is C7H8FN3O2S. The zero-order chi connectivity index (χ0) is 10.4. The Kier molecular flexibility index (Phi) is 3.99. The molecule has 0 fully saturated rings. The number of halogens is 1. The van der Waals surface area contributed by atoms with Gasteiger partial charge in [-0.3, -0.25) is 4.79 Å². The number of hydrogen-bond acceptors (Lipinski definition) is 6. The molecule has 1 aromatic heterocycles. The van der Waals surface area contributed by atoms with E-state index in [0.29, 0.717) is 17.1 Å². The molecule has 5 nitrogen and oxygen atoms in total. The monoisotopic (exact) mass is 217 g/mol. The van der Waals surface area contributed by atoms with Crippen molar-refractivity contribution in [3.05, 3.63) is 11.1 Å². The average Bonchev–Trinajstić information content (AvgIpc) is 2.60. The maximum absolute atomic E-state index is 11.6. The number of oxime groups is 1. The number of carbonyl (C=O) groups excluding carboxylic acids is 1. The summed E-state index contributed by atoms with van der Waals surface area (Å²) in [6.45, 7) is -0.841. The Hall–Kier alpha value is -1.50. The molecule has 14 heavy (non-hydrogen) atoms.